The molecule has 0 unspecified atom stereocenters. The minimum atomic E-state index is -3.62. The number of nitrogens with two attached hydrogens (primary N) is 1. The summed E-state index contributed by atoms with van der Waals surface area (Å²) in [4.78, 5) is 0. The van der Waals surface area contributed by atoms with Gasteiger partial charge in [0.15, 0.2) is 5.03 Å². The molecule has 0 atom stereocenters. The van der Waals surface area contributed by atoms with E-state index in [1.54, 1.807) is 0 Å². The zero-order valence-electron chi connectivity index (χ0n) is 10.9. The summed E-state index contributed by atoms with van der Waals surface area (Å²) in [5.41, 5.74) is 6.89. The third-order valence-corrected chi connectivity index (χ3v) is 5.23. The second-order valence-electron chi connectivity index (χ2n) is 4.32. The van der Waals surface area contributed by atoms with Crippen LogP contribution in [0.25, 0.3) is 0 Å². The molecule has 0 aliphatic carbocycles. The van der Waals surface area contributed by atoms with E-state index >= 15 is 0 Å². The van der Waals surface area contributed by atoms with E-state index in [2.05, 4.69) is 26.1 Å². The van der Waals surface area contributed by atoms with Crippen molar-refractivity contribution in [1.29, 1.82) is 0 Å². The van der Waals surface area contributed by atoms with Crippen molar-refractivity contribution in [3.05, 3.63) is 46.1 Å². The van der Waals surface area contributed by atoms with Crippen molar-refractivity contribution in [2.24, 2.45) is 5.73 Å². The van der Waals surface area contributed by atoms with Crippen LogP contribution in [-0.4, -0.2) is 30.0 Å². The maximum atomic E-state index is 12.4. The first kappa shape index (κ1) is 15.2. The number of aromatic amines is 1. The molecule has 0 spiro atoms. The molecule has 0 aliphatic rings. The number of hydrogen-bond acceptors (Lipinski definition) is 4. The monoisotopic (exact) mass is 358 g/mol. The van der Waals surface area contributed by atoms with Crippen LogP contribution in [0.3, 0.4) is 0 Å². The Morgan fingerprint density at radius 1 is 1.35 bits per heavy atom. The first-order valence-corrected chi connectivity index (χ1v) is 8.11. The largest absolute Gasteiger partial charge is 0.326 e. The van der Waals surface area contributed by atoms with Crippen LogP contribution in [0.2, 0.25) is 0 Å². The van der Waals surface area contributed by atoms with Gasteiger partial charge in [-0.1, -0.05) is 28.1 Å². The van der Waals surface area contributed by atoms with Gasteiger partial charge in [-0.15, -0.1) is 0 Å². The zero-order valence-corrected chi connectivity index (χ0v) is 13.3. The average molecular weight is 359 g/mol. The fourth-order valence-corrected chi connectivity index (χ4v) is 3.29. The van der Waals surface area contributed by atoms with Crippen molar-refractivity contribution in [3.63, 3.8) is 0 Å². The van der Waals surface area contributed by atoms with Gasteiger partial charge >= 0.3 is 0 Å². The summed E-state index contributed by atoms with van der Waals surface area (Å²) in [5.74, 6) is 0. The van der Waals surface area contributed by atoms with Crippen LogP contribution in [0.5, 0.6) is 0 Å². The van der Waals surface area contributed by atoms with Crippen molar-refractivity contribution in [3.8, 4) is 0 Å². The highest BCUT2D eigenvalue weighted by Gasteiger charge is 2.25. The van der Waals surface area contributed by atoms with E-state index in [0.717, 1.165) is 10.0 Å². The van der Waals surface area contributed by atoms with Gasteiger partial charge in [0.25, 0.3) is 10.0 Å². The SMILES string of the molecule is CN(Cc1ccc(Br)cc1)S(=O)(=O)c1[nH]ncc1CN. The molecular weight excluding hydrogens is 344 g/mol. The summed E-state index contributed by atoms with van der Waals surface area (Å²) in [6, 6.07) is 7.48. The van der Waals surface area contributed by atoms with Crippen LogP contribution in [0.4, 0.5) is 0 Å². The molecule has 8 heteroatoms. The molecule has 1 aromatic heterocycles. The van der Waals surface area contributed by atoms with Gasteiger partial charge in [-0.2, -0.15) is 9.40 Å². The highest BCUT2D eigenvalue weighted by atomic mass is 79.9. The Kier molecular flexibility index (Phi) is 4.59. The van der Waals surface area contributed by atoms with Gasteiger partial charge in [0.1, 0.15) is 0 Å². The standard InChI is InChI=1S/C12H15BrN4O2S/c1-17(8-9-2-4-11(13)5-3-9)20(18,19)12-10(6-14)7-15-16-12/h2-5,7H,6,8,14H2,1H3,(H,15,16). The molecule has 3 N–H and O–H groups in total. The second-order valence-corrected chi connectivity index (χ2v) is 7.21. The number of benzene rings is 1. The van der Waals surface area contributed by atoms with Crippen LogP contribution in [0.1, 0.15) is 11.1 Å². The molecule has 6 nitrogen and oxygen atoms in total. The smallest absolute Gasteiger partial charge is 0.260 e. The number of halogens is 1. The molecule has 0 saturated heterocycles. The van der Waals surface area contributed by atoms with Crippen molar-refractivity contribution in [2.45, 2.75) is 18.1 Å². The van der Waals surface area contributed by atoms with Crippen molar-refractivity contribution >= 4 is 26.0 Å². The molecule has 1 heterocycles. The Balaban J connectivity index is 2.23. The summed E-state index contributed by atoms with van der Waals surface area (Å²) < 4.78 is 27.1. The van der Waals surface area contributed by atoms with Crippen LogP contribution >= 0.6 is 15.9 Å². The summed E-state index contributed by atoms with van der Waals surface area (Å²) in [5, 5.41) is 6.30. The van der Waals surface area contributed by atoms with Crippen LogP contribution < -0.4 is 5.73 Å². The van der Waals surface area contributed by atoms with Crippen LogP contribution in [0.15, 0.2) is 40.0 Å². The number of rotatable bonds is 5. The van der Waals surface area contributed by atoms with Gasteiger partial charge in [0, 0.05) is 30.2 Å². The molecule has 0 amide bonds. The Bertz CT molecular complexity index is 682. The first-order chi connectivity index (χ1) is 9.45. The van der Waals surface area contributed by atoms with Gasteiger partial charge in [-0.3, -0.25) is 5.10 Å². The van der Waals surface area contributed by atoms with Gasteiger partial charge < -0.3 is 5.73 Å². The van der Waals surface area contributed by atoms with Gasteiger partial charge in [0.05, 0.1) is 6.20 Å². The maximum absolute atomic E-state index is 12.4. The van der Waals surface area contributed by atoms with Crippen molar-refractivity contribution in [2.75, 3.05) is 7.05 Å². The number of H-pyrrole nitrogens is 1. The molecule has 108 valence electrons. The van der Waals surface area contributed by atoms with Crippen LogP contribution in [-0.2, 0) is 23.1 Å². The number of nitrogens with zero attached hydrogens (tertiary/aromatic N) is 2. The Morgan fingerprint density at radius 2 is 2.00 bits per heavy atom. The lowest BCUT2D eigenvalue weighted by Crippen LogP contribution is -2.27. The number of sulfonamides is 1. The number of aromatic nitrogens is 2. The quantitative estimate of drug-likeness (QED) is 0.845. The third-order valence-electron chi connectivity index (χ3n) is 2.88. The molecule has 1 aromatic carbocycles. The number of hydrogen-bond donors (Lipinski definition) is 2. The van der Waals surface area contributed by atoms with Crippen LogP contribution in [0, 0.1) is 0 Å². The molecule has 0 fully saturated rings. The molecule has 0 bridgehead atoms. The second kappa shape index (κ2) is 6.04. The summed E-state index contributed by atoms with van der Waals surface area (Å²) in [7, 11) is -2.10. The normalized spacial score (nSPS) is 12.0. The minimum absolute atomic E-state index is 0.0552. The van der Waals surface area contributed by atoms with E-state index in [0.29, 0.717) is 5.56 Å². The van der Waals surface area contributed by atoms with Gasteiger partial charge in [-0.05, 0) is 17.7 Å². The lowest BCUT2D eigenvalue weighted by Gasteiger charge is -2.17. The highest BCUT2D eigenvalue weighted by molar-refractivity contribution is 9.10. The Labute approximate surface area is 126 Å². The predicted octanol–water partition coefficient (Wildman–Crippen LogP) is 1.45. The van der Waals surface area contributed by atoms with E-state index in [1.165, 1.54) is 17.5 Å². The predicted molar refractivity (Wildman–Crippen MR) is 79.3 cm³/mol. The summed E-state index contributed by atoms with van der Waals surface area (Å²) >= 11 is 3.34. The fourth-order valence-electron chi connectivity index (χ4n) is 1.76. The Morgan fingerprint density at radius 3 is 2.60 bits per heavy atom. The fraction of sp³-hybridized carbons (Fsp3) is 0.250. The molecular formula is C12H15BrN4O2S. The van der Waals surface area contributed by atoms with Crippen molar-refractivity contribution in [1.82, 2.24) is 14.5 Å². The highest BCUT2D eigenvalue weighted by Crippen LogP contribution is 2.19. The summed E-state index contributed by atoms with van der Waals surface area (Å²) in [6.07, 6.45) is 1.43. The maximum Gasteiger partial charge on any atom is 0.260 e. The third kappa shape index (κ3) is 3.09. The van der Waals surface area contributed by atoms with Crippen molar-refractivity contribution < 1.29 is 8.42 Å². The van der Waals surface area contributed by atoms with Gasteiger partial charge in [-0.25, -0.2) is 8.42 Å². The molecule has 2 aromatic rings. The van der Waals surface area contributed by atoms with E-state index < -0.39 is 10.0 Å². The lowest BCUT2D eigenvalue weighted by atomic mass is 10.2. The minimum Gasteiger partial charge on any atom is -0.326 e. The van der Waals surface area contributed by atoms with E-state index in [1.807, 2.05) is 24.3 Å². The van der Waals surface area contributed by atoms with Gasteiger partial charge in [0.2, 0.25) is 0 Å². The molecule has 0 aliphatic heterocycles. The first-order valence-electron chi connectivity index (χ1n) is 5.88. The number of nitrogens with one attached hydrogen (secondary N) is 1. The lowest BCUT2D eigenvalue weighted by molar-refractivity contribution is 0.463. The topological polar surface area (TPSA) is 92.1 Å². The van der Waals surface area contributed by atoms with E-state index in [4.69, 9.17) is 5.73 Å². The van der Waals surface area contributed by atoms with E-state index in [-0.39, 0.29) is 18.1 Å². The average Bonchev–Trinajstić information content (AvgIpc) is 2.90. The molecule has 2 rings (SSSR count). The summed E-state index contributed by atoms with van der Waals surface area (Å²) in [6.45, 7) is 0.399. The molecule has 20 heavy (non-hydrogen) atoms. The Hall–Kier alpha value is -1.22. The molecule has 0 saturated carbocycles. The molecule has 0 radical (unpaired) electrons. The zero-order chi connectivity index (χ0) is 14.8. The van der Waals surface area contributed by atoms with E-state index in [9.17, 15) is 8.42 Å².